The number of hydrogen-bond acceptors (Lipinski definition) is 2. The van der Waals surface area contributed by atoms with Crippen LogP contribution < -0.4 is 5.32 Å². The van der Waals surface area contributed by atoms with Crippen LogP contribution in [0.4, 0.5) is 0 Å². The average molecular weight is 296 g/mol. The highest BCUT2D eigenvalue weighted by Crippen LogP contribution is 2.27. The SMILES string of the molecule is CCCNCCN(CC)C(c1ccccc1)c1ccccc1. The lowest BCUT2D eigenvalue weighted by atomic mass is 9.97. The first-order valence-corrected chi connectivity index (χ1v) is 8.41. The van der Waals surface area contributed by atoms with Crippen LogP contribution in [0, 0.1) is 0 Å². The van der Waals surface area contributed by atoms with Gasteiger partial charge in [-0.15, -0.1) is 0 Å². The molecule has 0 fully saturated rings. The number of benzene rings is 2. The second kappa shape index (κ2) is 9.39. The van der Waals surface area contributed by atoms with Gasteiger partial charge in [0.05, 0.1) is 6.04 Å². The molecular formula is C20H28N2. The Morgan fingerprint density at radius 3 is 1.82 bits per heavy atom. The monoisotopic (exact) mass is 296 g/mol. The number of hydrogen-bond donors (Lipinski definition) is 1. The van der Waals surface area contributed by atoms with Gasteiger partial charge in [0.15, 0.2) is 0 Å². The first-order valence-electron chi connectivity index (χ1n) is 8.41. The van der Waals surface area contributed by atoms with Gasteiger partial charge in [-0.3, -0.25) is 4.90 Å². The van der Waals surface area contributed by atoms with Crippen LogP contribution in [0.5, 0.6) is 0 Å². The number of nitrogens with one attached hydrogen (secondary N) is 1. The standard InChI is InChI=1S/C20H28N2/c1-3-15-21-16-17-22(4-2)20(18-11-7-5-8-12-18)19-13-9-6-10-14-19/h5-14,20-21H,3-4,15-17H2,1-2H3. The molecule has 2 aromatic rings. The van der Waals surface area contributed by atoms with Crippen LogP contribution in [0.2, 0.25) is 0 Å². The summed E-state index contributed by atoms with van der Waals surface area (Å²) in [4.78, 5) is 2.55. The molecule has 0 aliphatic rings. The number of rotatable bonds is 9. The summed E-state index contributed by atoms with van der Waals surface area (Å²) in [6.45, 7) is 8.70. The second-order valence-electron chi connectivity index (χ2n) is 5.60. The molecule has 2 rings (SSSR count). The number of nitrogens with zero attached hydrogens (tertiary/aromatic N) is 1. The van der Waals surface area contributed by atoms with E-state index in [-0.39, 0.29) is 0 Å². The van der Waals surface area contributed by atoms with Crippen molar-refractivity contribution in [3.8, 4) is 0 Å². The van der Waals surface area contributed by atoms with Gasteiger partial charge in [-0.1, -0.05) is 74.5 Å². The molecule has 0 spiro atoms. The van der Waals surface area contributed by atoms with Crippen molar-refractivity contribution in [2.75, 3.05) is 26.2 Å². The van der Waals surface area contributed by atoms with Crippen LogP contribution in [0.15, 0.2) is 60.7 Å². The Kier molecular flexibility index (Phi) is 7.14. The van der Waals surface area contributed by atoms with E-state index in [4.69, 9.17) is 0 Å². The molecule has 0 aliphatic heterocycles. The Morgan fingerprint density at radius 2 is 1.36 bits per heavy atom. The fraction of sp³-hybridized carbons (Fsp3) is 0.400. The Morgan fingerprint density at radius 1 is 0.818 bits per heavy atom. The van der Waals surface area contributed by atoms with Gasteiger partial charge in [-0.05, 0) is 30.6 Å². The molecule has 0 aliphatic carbocycles. The van der Waals surface area contributed by atoms with Crippen molar-refractivity contribution in [1.82, 2.24) is 10.2 Å². The van der Waals surface area contributed by atoms with Gasteiger partial charge in [0.1, 0.15) is 0 Å². The molecule has 0 bridgehead atoms. The van der Waals surface area contributed by atoms with E-state index >= 15 is 0 Å². The zero-order chi connectivity index (χ0) is 15.6. The van der Waals surface area contributed by atoms with Crippen molar-refractivity contribution in [1.29, 1.82) is 0 Å². The molecule has 2 nitrogen and oxygen atoms in total. The van der Waals surface area contributed by atoms with Gasteiger partial charge >= 0.3 is 0 Å². The molecule has 118 valence electrons. The maximum Gasteiger partial charge on any atom is 0.0602 e. The lowest BCUT2D eigenvalue weighted by molar-refractivity contribution is 0.237. The molecular weight excluding hydrogens is 268 g/mol. The fourth-order valence-corrected chi connectivity index (χ4v) is 2.88. The smallest absolute Gasteiger partial charge is 0.0602 e. The van der Waals surface area contributed by atoms with Gasteiger partial charge in [0.2, 0.25) is 0 Å². The number of likely N-dealkylation sites (N-methyl/N-ethyl adjacent to an activating group) is 1. The van der Waals surface area contributed by atoms with Crippen LogP contribution in [-0.2, 0) is 0 Å². The minimum atomic E-state index is 0.329. The fourth-order valence-electron chi connectivity index (χ4n) is 2.88. The van der Waals surface area contributed by atoms with E-state index in [2.05, 4.69) is 84.7 Å². The quantitative estimate of drug-likeness (QED) is 0.701. The Labute approximate surface area is 135 Å². The normalized spacial score (nSPS) is 11.3. The third-order valence-electron chi connectivity index (χ3n) is 4.00. The maximum absolute atomic E-state index is 3.52. The molecule has 0 radical (unpaired) electrons. The topological polar surface area (TPSA) is 15.3 Å². The molecule has 2 heteroatoms. The van der Waals surface area contributed by atoms with Gasteiger partial charge < -0.3 is 5.32 Å². The summed E-state index contributed by atoms with van der Waals surface area (Å²) >= 11 is 0. The van der Waals surface area contributed by atoms with E-state index < -0.39 is 0 Å². The summed E-state index contributed by atoms with van der Waals surface area (Å²) in [7, 11) is 0. The molecule has 0 aromatic heterocycles. The first-order chi connectivity index (χ1) is 10.9. The summed E-state index contributed by atoms with van der Waals surface area (Å²) < 4.78 is 0. The van der Waals surface area contributed by atoms with Crippen molar-refractivity contribution in [3.63, 3.8) is 0 Å². The van der Waals surface area contributed by atoms with E-state index in [0.717, 1.165) is 26.2 Å². The summed E-state index contributed by atoms with van der Waals surface area (Å²) in [5.41, 5.74) is 2.73. The Bertz CT molecular complexity index is 470. The highest BCUT2D eigenvalue weighted by molar-refractivity contribution is 5.31. The third-order valence-corrected chi connectivity index (χ3v) is 4.00. The van der Waals surface area contributed by atoms with Crippen LogP contribution in [0.25, 0.3) is 0 Å². The van der Waals surface area contributed by atoms with Crippen molar-refractivity contribution in [3.05, 3.63) is 71.8 Å². The van der Waals surface area contributed by atoms with Crippen molar-refractivity contribution >= 4 is 0 Å². The zero-order valence-corrected chi connectivity index (χ0v) is 13.8. The van der Waals surface area contributed by atoms with Gasteiger partial charge in [-0.2, -0.15) is 0 Å². The van der Waals surface area contributed by atoms with Gasteiger partial charge in [-0.25, -0.2) is 0 Å². The maximum atomic E-state index is 3.52. The lowest BCUT2D eigenvalue weighted by Gasteiger charge is -2.31. The first kappa shape index (κ1) is 16.7. The highest BCUT2D eigenvalue weighted by Gasteiger charge is 2.20. The van der Waals surface area contributed by atoms with Gasteiger partial charge in [0, 0.05) is 13.1 Å². The summed E-state index contributed by atoms with van der Waals surface area (Å²) in [5.74, 6) is 0. The molecule has 1 N–H and O–H groups in total. The van der Waals surface area contributed by atoms with Crippen molar-refractivity contribution in [2.24, 2.45) is 0 Å². The lowest BCUT2D eigenvalue weighted by Crippen LogP contribution is -2.35. The molecule has 0 atom stereocenters. The van der Waals surface area contributed by atoms with E-state index in [0.29, 0.717) is 6.04 Å². The molecule has 0 saturated carbocycles. The minimum Gasteiger partial charge on any atom is -0.315 e. The van der Waals surface area contributed by atoms with Crippen LogP contribution in [0.1, 0.15) is 37.4 Å². The van der Waals surface area contributed by atoms with E-state index in [1.54, 1.807) is 0 Å². The molecule has 0 amide bonds. The molecule has 2 aromatic carbocycles. The summed E-state index contributed by atoms with van der Waals surface area (Å²) in [6.07, 6.45) is 1.19. The Hall–Kier alpha value is -1.64. The average Bonchev–Trinajstić information content (AvgIpc) is 2.59. The summed E-state index contributed by atoms with van der Waals surface area (Å²) in [5, 5.41) is 3.52. The zero-order valence-electron chi connectivity index (χ0n) is 13.8. The van der Waals surface area contributed by atoms with E-state index in [1.807, 2.05) is 0 Å². The Balaban J connectivity index is 2.19. The van der Waals surface area contributed by atoms with E-state index in [9.17, 15) is 0 Å². The second-order valence-corrected chi connectivity index (χ2v) is 5.60. The highest BCUT2D eigenvalue weighted by atomic mass is 15.2. The summed E-state index contributed by atoms with van der Waals surface area (Å²) in [6, 6.07) is 22.0. The largest absolute Gasteiger partial charge is 0.315 e. The molecule has 22 heavy (non-hydrogen) atoms. The van der Waals surface area contributed by atoms with Gasteiger partial charge in [0.25, 0.3) is 0 Å². The van der Waals surface area contributed by atoms with Crippen LogP contribution in [0.3, 0.4) is 0 Å². The predicted molar refractivity (Wildman–Crippen MR) is 95.1 cm³/mol. The molecule has 0 heterocycles. The van der Waals surface area contributed by atoms with E-state index in [1.165, 1.54) is 17.5 Å². The van der Waals surface area contributed by atoms with Crippen molar-refractivity contribution in [2.45, 2.75) is 26.3 Å². The predicted octanol–water partition coefficient (Wildman–Crippen LogP) is 4.10. The van der Waals surface area contributed by atoms with Crippen LogP contribution in [-0.4, -0.2) is 31.1 Å². The minimum absolute atomic E-state index is 0.329. The van der Waals surface area contributed by atoms with Crippen molar-refractivity contribution < 1.29 is 0 Å². The van der Waals surface area contributed by atoms with Crippen LogP contribution >= 0.6 is 0 Å². The molecule has 0 unspecified atom stereocenters. The molecule has 0 saturated heterocycles. The third kappa shape index (κ3) is 4.69.